The molecule has 0 saturated carbocycles. The van der Waals surface area contributed by atoms with Crippen molar-refractivity contribution in [3.63, 3.8) is 0 Å². The van der Waals surface area contributed by atoms with E-state index in [9.17, 15) is 24.0 Å². The van der Waals surface area contributed by atoms with Crippen LogP contribution in [0.15, 0.2) is 18.2 Å². The van der Waals surface area contributed by atoms with Gasteiger partial charge in [0.1, 0.15) is 5.69 Å². The molecule has 1 aromatic carbocycles. The van der Waals surface area contributed by atoms with E-state index >= 15 is 0 Å². The van der Waals surface area contributed by atoms with Gasteiger partial charge in [-0.2, -0.15) is 5.10 Å². The number of aromatic nitrogens is 2. The van der Waals surface area contributed by atoms with E-state index in [0.29, 0.717) is 0 Å². The van der Waals surface area contributed by atoms with Crippen molar-refractivity contribution in [2.24, 2.45) is 7.05 Å². The topological polar surface area (TPSA) is 93.2 Å². The third-order valence-electron chi connectivity index (χ3n) is 3.16. The molecule has 2 aromatic rings. The van der Waals surface area contributed by atoms with Gasteiger partial charge in [-0.1, -0.05) is 6.07 Å². The molecule has 9 heteroatoms. The Morgan fingerprint density at radius 3 is 2.73 bits per heavy atom. The predicted octanol–water partition coefficient (Wildman–Crippen LogP) is 2.06. The number of nitro groups is 1. The fourth-order valence-corrected chi connectivity index (χ4v) is 2.09. The fraction of sp³-hybridized carbons (Fsp3) is 0.308. The molecule has 0 amide bonds. The van der Waals surface area contributed by atoms with Crippen molar-refractivity contribution in [3.8, 4) is 0 Å². The molecule has 0 saturated heterocycles. The first-order chi connectivity index (χ1) is 10.3. The van der Waals surface area contributed by atoms with Crippen molar-refractivity contribution in [1.29, 1.82) is 0 Å². The molecule has 1 unspecified atom stereocenters. The molecule has 0 fully saturated rings. The summed E-state index contributed by atoms with van der Waals surface area (Å²) < 4.78 is 27.3. The molecule has 0 radical (unpaired) electrons. The van der Waals surface area contributed by atoms with Crippen LogP contribution in [-0.2, 0) is 7.05 Å². The molecule has 0 bridgehead atoms. The fourth-order valence-electron chi connectivity index (χ4n) is 2.09. The highest BCUT2D eigenvalue weighted by Crippen LogP contribution is 2.28. The van der Waals surface area contributed by atoms with Crippen LogP contribution in [0.5, 0.6) is 0 Å². The lowest BCUT2D eigenvalue weighted by atomic mass is 10.1. The maximum Gasteiger partial charge on any atom is 0.333 e. The predicted molar refractivity (Wildman–Crippen MR) is 74.4 cm³/mol. The van der Waals surface area contributed by atoms with E-state index in [1.807, 2.05) is 0 Å². The lowest BCUT2D eigenvalue weighted by Gasteiger charge is -2.13. The molecule has 0 aliphatic carbocycles. The van der Waals surface area contributed by atoms with Gasteiger partial charge in [0.2, 0.25) is 5.82 Å². The van der Waals surface area contributed by atoms with Crippen molar-refractivity contribution in [3.05, 3.63) is 51.2 Å². The molecule has 2 rings (SSSR count). The van der Waals surface area contributed by atoms with Gasteiger partial charge < -0.3 is 10.4 Å². The summed E-state index contributed by atoms with van der Waals surface area (Å²) in [6.45, 7) is 1.37. The van der Waals surface area contributed by atoms with Gasteiger partial charge >= 0.3 is 5.69 Å². The molecule has 1 atom stereocenters. The van der Waals surface area contributed by atoms with Crippen LogP contribution in [-0.4, -0.2) is 26.4 Å². The molecule has 2 N–H and O–H groups in total. The zero-order valence-electron chi connectivity index (χ0n) is 11.9. The van der Waals surface area contributed by atoms with E-state index in [0.717, 1.165) is 12.1 Å². The van der Waals surface area contributed by atoms with Crippen LogP contribution in [0.4, 0.5) is 20.3 Å². The third kappa shape index (κ3) is 3.03. The Kier molecular flexibility index (Phi) is 4.36. The Bertz CT molecular complexity index is 718. The molecule has 22 heavy (non-hydrogen) atoms. The molecule has 1 heterocycles. The minimum Gasteiger partial charge on any atom is -0.387 e. The SMILES string of the molecule is Cc1nn(C)c(NCC(O)c2ccc(F)c(F)c2)c1[N+](=O)[O-]. The van der Waals surface area contributed by atoms with E-state index in [4.69, 9.17) is 0 Å². The Hall–Kier alpha value is -2.55. The van der Waals surface area contributed by atoms with Gasteiger partial charge in [0.05, 0.1) is 11.0 Å². The molecule has 7 nitrogen and oxygen atoms in total. The lowest BCUT2D eigenvalue weighted by molar-refractivity contribution is -0.384. The molecule has 1 aromatic heterocycles. The van der Waals surface area contributed by atoms with E-state index in [1.54, 1.807) is 0 Å². The summed E-state index contributed by atoms with van der Waals surface area (Å²) in [7, 11) is 1.52. The van der Waals surface area contributed by atoms with Crippen LogP contribution in [0.1, 0.15) is 17.4 Å². The molecule has 118 valence electrons. The van der Waals surface area contributed by atoms with Gasteiger partial charge in [0.25, 0.3) is 0 Å². The molecular formula is C13H14F2N4O3. The summed E-state index contributed by atoms with van der Waals surface area (Å²) in [5, 5.41) is 27.6. The summed E-state index contributed by atoms with van der Waals surface area (Å²) in [5.74, 6) is -1.95. The normalized spacial score (nSPS) is 12.2. The Morgan fingerprint density at radius 2 is 2.14 bits per heavy atom. The van der Waals surface area contributed by atoms with Crippen molar-refractivity contribution >= 4 is 11.5 Å². The van der Waals surface area contributed by atoms with Gasteiger partial charge in [-0.15, -0.1) is 0 Å². The lowest BCUT2D eigenvalue weighted by Crippen LogP contribution is -2.15. The number of rotatable bonds is 5. The Labute approximate surface area is 124 Å². The second-order valence-electron chi connectivity index (χ2n) is 4.73. The van der Waals surface area contributed by atoms with Gasteiger partial charge in [0, 0.05) is 13.6 Å². The monoisotopic (exact) mass is 312 g/mol. The Balaban J connectivity index is 2.16. The number of benzene rings is 1. The molecular weight excluding hydrogens is 298 g/mol. The first-order valence-electron chi connectivity index (χ1n) is 6.36. The molecule has 0 spiro atoms. The average Bonchev–Trinajstić information content (AvgIpc) is 2.73. The van der Waals surface area contributed by atoms with Crippen LogP contribution < -0.4 is 5.32 Å². The number of hydrogen-bond donors (Lipinski definition) is 2. The van der Waals surface area contributed by atoms with Crippen LogP contribution in [0.25, 0.3) is 0 Å². The van der Waals surface area contributed by atoms with E-state index in [-0.39, 0.29) is 29.3 Å². The smallest absolute Gasteiger partial charge is 0.333 e. The highest BCUT2D eigenvalue weighted by molar-refractivity contribution is 5.59. The summed E-state index contributed by atoms with van der Waals surface area (Å²) in [5.41, 5.74) is 0.199. The van der Waals surface area contributed by atoms with Gasteiger partial charge in [-0.3, -0.25) is 10.1 Å². The van der Waals surface area contributed by atoms with Crippen molar-refractivity contribution in [1.82, 2.24) is 9.78 Å². The zero-order chi connectivity index (χ0) is 16.4. The number of anilines is 1. The maximum absolute atomic E-state index is 13.1. The summed E-state index contributed by atoms with van der Waals surface area (Å²) in [4.78, 5) is 10.4. The second kappa shape index (κ2) is 6.06. The highest BCUT2D eigenvalue weighted by atomic mass is 19.2. The van der Waals surface area contributed by atoms with Gasteiger partial charge in [-0.25, -0.2) is 13.5 Å². The Morgan fingerprint density at radius 1 is 1.45 bits per heavy atom. The van der Waals surface area contributed by atoms with Crippen LogP contribution in [0.3, 0.4) is 0 Å². The average molecular weight is 312 g/mol. The number of hydrogen-bond acceptors (Lipinski definition) is 5. The van der Waals surface area contributed by atoms with E-state index in [2.05, 4.69) is 10.4 Å². The highest BCUT2D eigenvalue weighted by Gasteiger charge is 2.24. The van der Waals surface area contributed by atoms with E-state index < -0.39 is 22.7 Å². The standard InChI is InChI=1S/C13H14F2N4O3/c1-7-12(19(21)22)13(18(2)17-7)16-6-11(20)8-3-4-9(14)10(15)5-8/h3-5,11,16,20H,6H2,1-2H3. The van der Waals surface area contributed by atoms with Crippen LogP contribution >= 0.6 is 0 Å². The van der Waals surface area contributed by atoms with Crippen molar-refractivity contribution < 1.29 is 18.8 Å². The first-order valence-corrected chi connectivity index (χ1v) is 6.36. The van der Waals surface area contributed by atoms with Gasteiger partial charge in [-0.05, 0) is 24.6 Å². The maximum atomic E-state index is 13.1. The number of nitrogens with one attached hydrogen (secondary N) is 1. The number of halogens is 2. The van der Waals surface area contributed by atoms with Crippen molar-refractivity contribution in [2.45, 2.75) is 13.0 Å². The quantitative estimate of drug-likeness (QED) is 0.651. The summed E-state index contributed by atoms with van der Waals surface area (Å²) in [6, 6.07) is 3.03. The first kappa shape index (κ1) is 15.8. The number of aliphatic hydroxyl groups is 1. The third-order valence-corrected chi connectivity index (χ3v) is 3.16. The van der Waals surface area contributed by atoms with Crippen LogP contribution in [0.2, 0.25) is 0 Å². The molecule has 0 aliphatic rings. The minimum atomic E-state index is -1.16. The van der Waals surface area contributed by atoms with E-state index in [1.165, 1.54) is 24.7 Å². The largest absolute Gasteiger partial charge is 0.387 e. The zero-order valence-corrected chi connectivity index (χ0v) is 11.9. The number of aliphatic hydroxyl groups excluding tert-OH is 1. The number of nitrogens with zero attached hydrogens (tertiary/aromatic N) is 3. The summed E-state index contributed by atoms with van der Waals surface area (Å²) >= 11 is 0. The van der Waals surface area contributed by atoms with Crippen LogP contribution in [0, 0.1) is 28.7 Å². The number of aryl methyl sites for hydroxylation is 2. The minimum absolute atomic E-state index is 0.120. The second-order valence-corrected chi connectivity index (χ2v) is 4.73. The van der Waals surface area contributed by atoms with Gasteiger partial charge in [0.15, 0.2) is 11.6 Å². The molecule has 0 aliphatic heterocycles. The summed E-state index contributed by atoms with van der Waals surface area (Å²) in [6.07, 6.45) is -1.16. The van der Waals surface area contributed by atoms with Crippen molar-refractivity contribution in [2.75, 3.05) is 11.9 Å².